The molecule has 162 valence electrons. The molecule has 4 aliphatic heterocycles. The van der Waals surface area contributed by atoms with Crippen molar-refractivity contribution >= 4 is 35.3 Å². The first-order valence-electron chi connectivity index (χ1n) is 10.8. The smallest absolute Gasteiger partial charge is 0.301 e. The second-order valence-corrected chi connectivity index (χ2v) is 9.12. The number of carbonyl (C=O) groups excluding carboxylic acids is 1. The van der Waals surface area contributed by atoms with E-state index in [1.54, 1.807) is 12.4 Å². The number of benzene rings is 1. The number of quaternary nitrogens is 1. The normalized spacial score (nSPS) is 27.9. The quantitative estimate of drug-likeness (QED) is 0.652. The molecule has 0 aromatic heterocycles. The van der Waals surface area contributed by atoms with E-state index in [1.165, 1.54) is 0 Å². The maximum absolute atomic E-state index is 12.2. The van der Waals surface area contributed by atoms with Crippen LogP contribution in [0.3, 0.4) is 0 Å². The molecular formula is C22H28N7O2+. The Hall–Kier alpha value is -2.88. The number of piperidine rings is 1. The molecule has 0 radical (unpaired) electrons. The average molecular weight is 423 g/mol. The van der Waals surface area contributed by atoms with Crippen LogP contribution in [-0.2, 0) is 10.2 Å². The average Bonchev–Trinajstić information content (AvgIpc) is 3.23. The number of guanidine groups is 1. The Morgan fingerprint density at radius 1 is 1.29 bits per heavy atom. The van der Waals surface area contributed by atoms with Crippen molar-refractivity contribution in [2.24, 2.45) is 15.1 Å². The molecule has 9 heteroatoms. The number of aliphatic imine (C=N–C) groups is 2. The largest absolute Gasteiger partial charge is 0.390 e. The molecule has 0 bridgehead atoms. The van der Waals surface area contributed by atoms with Crippen molar-refractivity contribution in [2.45, 2.75) is 51.0 Å². The fraction of sp³-hybridized carbons (Fsp3) is 0.455. The maximum atomic E-state index is 12.2. The van der Waals surface area contributed by atoms with Crippen LogP contribution in [0.2, 0.25) is 0 Å². The monoisotopic (exact) mass is 422 g/mol. The van der Waals surface area contributed by atoms with Gasteiger partial charge in [-0.2, -0.15) is 0 Å². The summed E-state index contributed by atoms with van der Waals surface area (Å²) in [5.74, 6) is 1.19. The highest BCUT2D eigenvalue weighted by atomic mass is 16.3. The number of amides is 1. The van der Waals surface area contributed by atoms with Crippen LogP contribution in [0.1, 0.15) is 45.6 Å². The van der Waals surface area contributed by atoms with E-state index in [4.69, 9.17) is 5.10 Å². The Labute approximate surface area is 181 Å². The van der Waals surface area contributed by atoms with Gasteiger partial charge in [-0.3, -0.25) is 9.79 Å². The van der Waals surface area contributed by atoms with Crippen LogP contribution in [0.15, 0.2) is 45.7 Å². The van der Waals surface area contributed by atoms with Gasteiger partial charge < -0.3 is 15.7 Å². The van der Waals surface area contributed by atoms with E-state index in [0.29, 0.717) is 37.7 Å². The summed E-state index contributed by atoms with van der Waals surface area (Å²) in [5.41, 5.74) is 1.45. The van der Waals surface area contributed by atoms with Crippen molar-refractivity contribution in [1.29, 1.82) is 0 Å². The van der Waals surface area contributed by atoms with Gasteiger partial charge in [-0.05, 0) is 60.6 Å². The molecule has 1 aromatic rings. The fourth-order valence-electron chi connectivity index (χ4n) is 4.59. The van der Waals surface area contributed by atoms with E-state index in [0.717, 1.165) is 23.4 Å². The standard InChI is InChI=1S/C22H27N7O2/c1-4-22(31)7-10-28(11-8-22)29-12-9-23-14-18(29)26-20(27-29)24-15-5-6-16-17(13-15)25-19(30)21(16,2)3/h5-6,9,12-14,31H,4,7-8,10-11H2,1-3H3,(H-,24,25,27,30)/p+1. The second-order valence-electron chi connectivity index (χ2n) is 9.12. The van der Waals surface area contributed by atoms with E-state index >= 15 is 0 Å². The summed E-state index contributed by atoms with van der Waals surface area (Å²) in [6.07, 6.45) is 7.51. The highest BCUT2D eigenvalue weighted by Gasteiger charge is 2.49. The first-order valence-corrected chi connectivity index (χ1v) is 10.8. The predicted molar refractivity (Wildman–Crippen MR) is 121 cm³/mol. The lowest BCUT2D eigenvalue weighted by Crippen LogP contribution is -2.60. The van der Waals surface area contributed by atoms with Gasteiger partial charge in [0.25, 0.3) is 5.96 Å². The molecule has 4 aliphatic rings. The number of hydrogen-bond donors (Lipinski definition) is 3. The van der Waals surface area contributed by atoms with Gasteiger partial charge in [0, 0.05) is 11.4 Å². The Kier molecular flexibility index (Phi) is 4.40. The second kappa shape index (κ2) is 6.81. The minimum atomic E-state index is -0.604. The highest BCUT2D eigenvalue weighted by molar-refractivity contribution is 6.30. The third-order valence-electron chi connectivity index (χ3n) is 6.88. The summed E-state index contributed by atoms with van der Waals surface area (Å²) >= 11 is 0. The predicted octanol–water partition coefficient (Wildman–Crippen LogP) is 2.54. The van der Waals surface area contributed by atoms with E-state index in [9.17, 15) is 9.90 Å². The van der Waals surface area contributed by atoms with Crippen molar-refractivity contribution in [2.75, 3.05) is 23.7 Å². The van der Waals surface area contributed by atoms with Gasteiger partial charge in [-0.1, -0.05) is 13.0 Å². The van der Waals surface area contributed by atoms with Gasteiger partial charge in [-0.15, -0.1) is 10.0 Å². The summed E-state index contributed by atoms with van der Waals surface area (Å²) in [4.78, 5) is 21.2. The lowest BCUT2D eigenvalue weighted by atomic mass is 9.86. The number of nitrogens with zero attached hydrogens (tertiary/aromatic N) is 5. The third-order valence-corrected chi connectivity index (χ3v) is 6.88. The zero-order chi connectivity index (χ0) is 21.9. The molecule has 31 heavy (non-hydrogen) atoms. The topological polar surface area (TPSA) is 102 Å². The molecule has 0 spiro atoms. The zero-order valence-corrected chi connectivity index (χ0v) is 18.1. The first kappa shape index (κ1) is 20.0. The molecule has 1 atom stereocenters. The molecule has 0 saturated carbocycles. The summed E-state index contributed by atoms with van der Waals surface area (Å²) in [6, 6.07) is 5.82. The van der Waals surface area contributed by atoms with Crippen LogP contribution in [0.25, 0.3) is 0 Å². The maximum Gasteiger partial charge on any atom is 0.301 e. The number of aliphatic hydroxyl groups is 1. The lowest BCUT2D eigenvalue weighted by Gasteiger charge is -2.41. The molecule has 9 nitrogen and oxygen atoms in total. The van der Waals surface area contributed by atoms with Crippen LogP contribution in [0.4, 0.5) is 11.4 Å². The van der Waals surface area contributed by atoms with Crippen molar-refractivity contribution in [3.05, 3.63) is 36.2 Å². The Bertz CT molecular complexity index is 1060. The van der Waals surface area contributed by atoms with E-state index < -0.39 is 11.0 Å². The van der Waals surface area contributed by atoms with Gasteiger partial charge in [-0.25, -0.2) is 0 Å². The zero-order valence-electron chi connectivity index (χ0n) is 18.1. The number of fused-ring (bicyclic) bond motifs is 2. The number of amidine groups is 1. The number of anilines is 2. The molecule has 4 heterocycles. The summed E-state index contributed by atoms with van der Waals surface area (Å²) in [5, 5.41) is 24.0. The number of carbonyl (C=O) groups is 1. The fourth-order valence-corrected chi connectivity index (χ4v) is 4.59. The van der Waals surface area contributed by atoms with Gasteiger partial charge in [0.05, 0.1) is 30.3 Å². The number of rotatable bonds is 3. The molecule has 1 unspecified atom stereocenters. The number of nitrogens with one attached hydrogen (secondary N) is 2. The van der Waals surface area contributed by atoms with Gasteiger partial charge in [0.15, 0.2) is 6.20 Å². The Balaban J connectivity index is 1.41. The minimum absolute atomic E-state index is 0.00164. The lowest BCUT2D eigenvalue weighted by molar-refractivity contribution is -0.919. The van der Waals surface area contributed by atoms with E-state index in [-0.39, 0.29) is 10.6 Å². The van der Waals surface area contributed by atoms with Gasteiger partial charge in [0.1, 0.15) is 6.21 Å². The van der Waals surface area contributed by atoms with Crippen LogP contribution in [0.5, 0.6) is 0 Å². The van der Waals surface area contributed by atoms with Crippen molar-refractivity contribution in [3.63, 3.8) is 0 Å². The molecule has 1 fully saturated rings. The first-order chi connectivity index (χ1) is 14.8. The SMILES string of the molecule is CCC1(O)CCN([N+]23C=CN=CC2=NC(Nc2ccc4c(c2)NC(=O)C4(C)C)=N3)CC1. The van der Waals surface area contributed by atoms with Gasteiger partial charge >= 0.3 is 5.84 Å². The highest BCUT2D eigenvalue weighted by Crippen LogP contribution is 2.39. The Morgan fingerprint density at radius 2 is 2.06 bits per heavy atom. The molecule has 1 saturated heterocycles. The van der Waals surface area contributed by atoms with Crippen LogP contribution in [-0.4, -0.2) is 57.4 Å². The molecule has 3 N–H and O–H groups in total. The molecule has 1 amide bonds. The summed E-state index contributed by atoms with van der Waals surface area (Å²) in [6.45, 7) is 7.28. The van der Waals surface area contributed by atoms with Crippen molar-refractivity contribution < 1.29 is 14.6 Å². The minimum Gasteiger partial charge on any atom is -0.390 e. The van der Waals surface area contributed by atoms with Crippen LogP contribution >= 0.6 is 0 Å². The van der Waals surface area contributed by atoms with Crippen molar-refractivity contribution in [3.8, 4) is 0 Å². The molecule has 5 rings (SSSR count). The molecule has 0 aliphatic carbocycles. The third kappa shape index (κ3) is 3.12. The Morgan fingerprint density at radius 3 is 2.81 bits per heavy atom. The van der Waals surface area contributed by atoms with E-state index in [1.807, 2.05) is 45.2 Å². The van der Waals surface area contributed by atoms with Crippen molar-refractivity contribution in [1.82, 2.24) is 5.01 Å². The molecular weight excluding hydrogens is 394 g/mol. The van der Waals surface area contributed by atoms with E-state index in [2.05, 4.69) is 25.6 Å². The van der Waals surface area contributed by atoms with Gasteiger partial charge in [0.2, 0.25) is 5.91 Å². The van der Waals surface area contributed by atoms with Crippen LogP contribution in [0, 0.1) is 0 Å². The summed E-state index contributed by atoms with van der Waals surface area (Å²) in [7, 11) is 0. The number of hydrogen-bond acceptors (Lipinski definition) is 7. The van der Waals surface area contributed by atoms with Crippen LogP contribution < -0.4 is 10.6 Å². The molecule has 1 aromatic carbocycles. The summed E-state index contributed by atoms with van der Waals surface area (Å²) < 4.78 is 0.125.